The number of nitrogens with zero attached hydrogens (tertiary/aromatic N) is 2. The SMILES string of the molecule is O=C(NCC1CC1)Nc1ccc(C(=O)N2CCN(Cc3cccc(C(=O)Cc4ccccc4)c3)CC2)cc1F. The van der Waals surface area contributed by atoms with Gasteiger partial charge in [0.05, 0.1) is 5.69 Å². The van der Waals surface area contributed by atoms with Crippen LogP contribution < -0.4 is 10.6 Å². The third-order valence-corrected chi connectivity index (χ3v) is 7.23. The van der Waals surface area contributed by atoms with E-state index in [0.29, 0.717) is 57.2 Å². The molecule has 3 aromatic carbocycles. The lowest BCUT2D eigenvalue weighted by molar-refractivity contribution is 0.0627. The number of Topliss-reactive ketones (excluding diaryl/α,β-unsaturated/α-hetero) is 1. The summed E-state index contributed by atoms with van der Waals surface area (Å²) in [6, 6.07) is 21.2. The largest absolute Gasteiger partial charge is 0.338 e. The number of carbonyl (C=O) groups is 3. The lowest BCUT2D eigenvalue weighted by atomic mass is 10.0. The molecule has 0 unspecified atom stereocenters. The maximum Gasteiger partial charge on any atom is 0.319 e. The van der Waals surface area contributed by atoms with Crippen LogP contribution in [0, 0.1) is 11.7 Å². The van der Waals surface area contributed by atoms with E-state index in [9.17, 15) is 18.8 Å². The highest BCUT2D eigenvalue weighted by Crippen LogP contribution is 2.27. The highest BCUT2D eigenvalue weighted by molar-refractivity contribution is 5.97. The van der Waals surface area contributed by atoms with E-state index in [1.54, 1.807) is 11.0 Å². The Labute approximate surface area is 228 Å². The third kappa shape index (κ3) is 7.29. The highest BCUT2D eigenvalue weighted by atomic mass is 19.1. The summed E-state index contributed by atoms with van der Waals surface area (Å²) in [7, 11) is 0. The fraction of sp³-hybridized carbons (Fsp3) is 0.323. The average Bonchev–Trinajstić information content (AvgIpc) is 3.78. The van der Waals surface area contributed by atoms with E-state index in [2.05, 4.69) is 15.5 Å². The maximum absolute atomic E-state index is 14.6. The second kappa shape index (κ2) is 12.2. The van der Waals surface area contributed by atoms with Gasteiger partial charge in [-0.15, -0.1) is 0 Å². The number of amides is 3. The van der Waals surface area contributed by atoms with Gasteiger partial charge in [-0.05, 0) is 54.2 Å². The van der Waals surface area contributed by atoms with Crippen LogP contribution in [0.3, 0.4) is 0 Å². The van der Waals surface area contributed by atoms with Crippen LogP contribution in [-0.4, -0.2) is 60.2 Å². The summed E-state index contributed by atoms with van der Waals surface area (Å²) in [6.45, 7) is 3.68. The van der Waals surface area contributed by atoms with Gasteiger partial charge in [0.1, 0.15) is 5.82 Å². The van der Waals surface area contributed by atoms with E-state index in [4.69, 9.17) is 0 Å². The monoisotopic (exact) mass is 528 g/mol. The molecule has 2 aliphatic rings. The molecule has 1 aliphatic heterocycles. The van der Waals surface area contributed by atoms with Crippen molar-refractivity contribution in [1.29, 1.82) is 0 Å². The first-order chi connectivity index (χ1) is 18.9. The standard InChI is InChI=1S/C31H33FN4O3/c32-27-19-26(11-12-28(27)34-31(39)33-20-23-9-10-23)30(38)36-15-13-35(14-16-36)21-24-7-4-8-25(17-24)29(37)18-22-5-2-1-3-6-22/h1-8,11-12,17,19,23H,9-10,13-16,18,20-21H2,(H2,33,34,39). The third-order valence-electron chi connectivity index (χ3n) is 7.23. The summed E-state index contributed by atoms with van der Waals surface area (Å²) in [5.41, 5.74) is 3.06. The Hall–Kier alpha value is -4.04. The minimum atomic E-state index is -0.636. The number of ketones is 1. The number of hydrogen-bond donors (Lipinski definition) is 2. The molecule has 202 valence electrons. The van der Waals surface area contributed by atoms with Crippen LogP contribution in [0.2, 0.25) is 0 Å². The van der Waals surface area contributed by atoms with Crippen LogP contribution in [-0.2, 0) is 13.0 Å². The molecule has 2 N–H and O–H groups in total. The van der Waals surface area contributed by atoms with Crippen LogP contribution in [0.15, 0.2) is 72.8 Å². The molecule has 7 nitrogen and oxygen atoms in total. The van der Waals surface area contributed by atoms with Crippen LogP contribution in [0.4, 0.5) is 14.9 Å². The summed E-state index contributed by atoms with van der Waals surface area (Å²) in [5.74, 6) is -0.249. The zero-order chi connectivity index (χ0) is 27.2. The molecule has 0 radical (unpaired) electrons. The van der Waals surface area contributed by atoms with Crippen molar-refractivity contribution in [2.24, 2.45) is 5.92 Å². The molecular weight excluding hydrogens is 495 g/mol. The zero-order valence-electron chi connectivity index (χ0n) is 21.9. The lowest BCUT2D eigenvalue weighted by Crippen LogP contribution is -2.48. The molecule has 1 saturated heterocycles. The predicted octanol–water partition coefficient (Wildman–Crippen LogP) is 4.74. The number of rotatable bonds is 9. The van der Waals surface area contributed by atoms with Gasteiger partial charge in [-0.1, -0.05) is 48.5 Å². The van der Waals surface area contributed by atoms with Crippen LogP contribution >= 0.6 is 0 Å². The number of carbonyl (C=O) groups excluding carboxylic acids is 3. The highest BCUT2D eigenvalue weighted by Gasteiger charge is 2.24. The van der Waals surface area contributed by atoms with Crippen LogP contribution in [0.25, 0.3) is 0 Å². The normalized spacial score (nSPS) is 15.6. The van der Waals surface area contributed by atoms with Gasteiger partial charge in [-0.25, -0.2) is 9.18 Å². The minimum Gasteiger partial charge on any atom is -0.338 e. The van der Waals surface area contributed by atoms with E-state index < -0.39 is 11.8 Å². The number of piperazine rings is 1. The topological polar surface area (TPSA) is 81.8 Å². The van der Waals surface area contributed by atoms with Crippen molar-refractivity contribution in [2.45, 2.75) is 25.8 Å². The molecule has 39 heavy (non-hydrogen) atoms. The number of anilines is 1. The molecule has 3 amide bonds. The van der Waals surface area contributed by atoms with Gasteiger partial charge in [0.15, 0.2) is 5.78 Å². The van der Waals surface area contributed by atoms with E-state index in [-0.39, 0.29) is 22.9 Å². The Balaban J connectivity index is 1.11. The summed E-state index contributed by atoms with van der Waals surface area (Å²) < 4.78 is 14.6. The first-order valence-corrected chi connectivity index (χ1v) is 13.5. The number of urea groups is 1. The number of nitrogens with one attached hydrogen (secondary N) is 2. The Morgan fingerprint density at radius 2 is 1.56 bits per heavy atom. The quantitative estimate of drug-likeness (QED) is 0.393. The number of benzene rings is 3. The minimum absolute atomic E-state index is 0.0501. The van der Waals surface area contributed by atoms with E-state index in [0.717, 1.165) is 24.0 Å². The lowest BCUT2D eigenvalue weighted by Gasteiger charge is -2.35. The molecule has 5 rings (SSSR count). The van der Waals surface area contributed by atoms with Crippen LogP contribution in [0.5, 0.6) is 0 Å². The predicted molar refractivity (Wildman–Crippen MR) is 148 cm³/mol. The van der Waals surface area contributed by atoms with Crippen molar-refractivity contribution >= 4 is 23.4 Å². The van der Waals surface area contributed by atoms with Crippen molar-refractivity contribution in [2.75, 3.05) is 38.0 Å². The Morgan fingerprint density at radius 3 is 2.28 bits per heavy atom. The first kappa shape index (κ1) is 26.6. The van der Waals surface area contributed by atoms with Gasteiger partial charge >= 0.3 is 6.03 Å². The van der Waals surface area contributed by atoms with E-state index in [1.165, 1.54) is 12.1 Å². The van der Waals surface area contributed by atoms with Gasteiger partial charge in [0.2, 0.25) is 0 Å². The summed E-state index contributed by atoms with van der Waals surface area (Å²) in [4.78, 5) is 41.7. The van der Waals surface area contributed by atoms with Gasteiger partial charge in [0.25, 0.3) is 5.91 Å². The molecule has 0 bridgehead atoms. The zero-order valence-corrected chi connectivity index (χ0v) is 21.9. The molecular formula is C31H33FN4O3. The molecule has 3 aromatic rings. The van der Waals surface area contributed by atoms with Crippen molar-refractivity contribution < 1.29 is 18.8 Å². The van der Waals surface area contributed by atoms with Crippen molar-refractivity contribution in [1.82, 2.24) is 15.1 Å². The van der Waals surface area contributed by atoms with Gasteiger partial charge in [0, 0.05) is 56.8 Å². The number of halogens is 1. The summed E-state index contributed by atoms with van der Waals surface area (Å²) in [6.07, 6.45) is 2.60. The summed E-state index contributed by atoms with van der Waals surface area (Å²) in [5, 5.41) is 5.25. The van der Waals surface area contributed by atoms with E-state index in [1.807, 2.05) is 54.6 Å². The second-order valence-electron chi connectivity index (χ2n) is 10.3. The van der Waals surface area contributed by atoms with Crippen molar-refractivity contribution in [3.05, 3.63) is 101 Å². The molecule has 1 saturated carbocycles. The second-order valence-corrected chi connectivity index (χ2v) is 10.3. The van der Waals surface area contributed by atoms with Gasteiger partial charge in [-0.2, -0.15) is 0 Å². The first-order valence-electron chi connectivity index (χ1n) is 13.5. The fourth-order valence-electron chi connectivity index (χ4n) is 4.75. The van der Waals surface area contributed by atoms with Crippen LogP contribution in [0.1, 0.15) is 44.7 Å². The molecule has 8 heteroatoms. The van der Waals surface area contributed by atoms with Gasteiger partial charge < -0.3 is 15.5 Å². The Bertz CT molecular complexity index is 1330. The molecule has 0 spiro atoms. The van der Waals surface area contributed by atoms with Crippen molar-refractivity contribution in [3.63, 3.8) is 0 Å². The molecule has 0 aromatic heterocycles. The average molecular weight is 529 g/mol. The molecule has 0 atom stereocenters. The maximum atomic E-state index is 14.6. The molecule has 1 aliphatic carbocycles. The fourth-order valence-corrected chi connectivity index (χ4v) is 4.75. The molecule has 1 heterocycles. The Kier molecular flexibility index (Phi) is 8.32. The van der Waals surface area contributed by atoms with Gasteiger partial charge in [-0.3, -0.25) is 14.5 Å². The smallest absolute Gasteiger partial charge is 0.319 e. The van der Waals surface area contributed by atoms with E-state index >= 15 is 0 Å². The number of hydrogen-bond acceptors (Lipinski definition) is 4. The Morgan fingerprint density at radius 1 is 0.821 bits per heavy atom. The van der Waals surface area contributed by atoms with Crippen molar-refractivity contribution in [3.8, 4) is 0 Å². The summed E-state index contributed by atoms with van der Waals surface area (Å²) >= 11 is 0. The molecule has 2 fully saturated rings.